The Hall–Kier alpha value is -2.56. The maximum Gasteiger partial charge on any atom is 0.341 e. The van der Waals surface area contributed by atoms with Crippen molar-refractivity contribution in [2.75, 3.05) is 0 Å². The van der Waals surface area contributed by atoms with Crippen LogP contribution in [-0.4, -0.2) is 20.8 Å². The predicted octanol–water partition coefficient (Wildman–Crippen LogP) is 2.53. The predicted molar refractivity (Wildman–Crippen MR) is 65.4 cm³/mol. The second-order valence-corrected chi connectivity index (χ2v) is 4.07. The molecule has 18 heavy (non-hydrogen) atoms. The Morgan fingerprint density at radius 2 is 2.22 bits per heavy atom. The number of rotatable bonds is 2. The molecule has 0 unspecified atom stereocenters. The zero-order chi connectivity index (χ0) is 12.7. The maximum atomic E-state index is 11.0. The highest BCUT2D eigenvalue weighted by Gasteiger charge is 2.17. The first-order chi connectivity index (χ1) is 8.66. The number of nitrogens with zero attached hydrogens (tertiary/aromatic N) is 2. The highest BCUT2D eigenvalue weighted by atomic mass is 16.5. The van der Waals surface area contributed by atoms with Gasteiger partial charge in [-0.3, -0.25) is 0 Å². The Labute approximate surface area is 102 Å². The molecule has 1 N–H and O–H groups in total. The van der Waals surface area contributed by atoms with Crippen molar-refractivity contribution in [3.63, 3.8) is 0 Å². The molecule has 3 rings (SSSR count). The van der Waals surface area contributed by atoms with Crippen molar-refractivity contribution in [2.24, 2.45) is 7.05 Å². The molecule has 2 aromatic heterocycles. The minimum Gasteiger partial charge on any atom is -0.477 e. The van der Waals surface area contributed by atoms with Crippen molar-refractivity contribution in [1.82, 2.24) is 9.72 Å². The number of aryl methyl sites for hydroxylation is 1. The number of fused-ring (bicyclic) bond motifs is 1. The van der Waals surface area contributed by atoms with Gasteiger partial charge in [0.05, 0.1) is 6.20 Å². The SMILES string of the molecule is Cn1ccc2ccc(-c3oncc3C(=O)O)cc21. The van der Waals surface area contributed by atoms with Crippen LogP contribution in [0.5, 0.6) is 0 Å². The lowest BCUT2D eigenvalue weighted by molar-refractivity contribution is 0.0697. The second-order valence-electron chi connectivity index (χ2n) is 4.07. The largest absolute Gasteiger partial charge is 0.477 e. The molecule has 2 heterocycles. The summed E-state index contributed by atoms with van der Waals surface area (Å²) in [5, 5.41) is 13.7. The van der Waals surface area contributed by atoms with Gasteiger partial charge in [0.2, 0.25) is 0 Å². The third kappa shape index (κ3) is 1.48. The summed E-state index contributed by atoms with van der Waals surface area (Å²) in [7, 11) is 1.94. The van der Waals surface area contributed by atoms with Crippen LogP contribution in [0.15, 0.2) is 41.2 Å². The van der Waals surface area contributed by atoms with Gasteiger partial charge in [0.25, 0.3) is 0 Å². The first-order valence-electron chi connectivity index (χ1n) is 5.40. The average molecular weight is 242 g/mol. The molecule has 5 nitrogen and oxygen atoms in total. The quantitative estimate of drug-likeness (QED) is 0.749. The molecular weight excluding hydrogens is 232 g/mol. The van der Waals surface area contributed by atoms with Gasteiger partial charge in [-0.2, -0.15) is 0 Å². The van der Waals surface area contributed by atoms with Gasteiger partial charge < -0.3 is 14.2 Å². The van der Waals surface area contributed by atoms with E-state index in [1.54, 1.807) is 0 Å². The zero-order valence-electron chi connectivity index (χ0n) is 9.62. The van der Waals surface area contributed by atoms with E-state index in [0.717, 1.165) is 10.9 Å². The van der Waals surface area contributed by atoms with Gasteiger partial charge in [-0.15, -0.1) is 0 Å². The lowest BCUT2D eigenvalue weighted by Crippen LogP contribution is -1.96. The first kappa shape index (κ1) is 10.6. The van der Waals surface area contributed by atoms with E-state index in [0.29, 0.717) is 5.56 Å². The Balaban J connectivity index is 2.22. The second kappa shape index (κ2) is 3.73. The Morgan fingerprint density at radius 1 is 1.39 bits per heavy atom. The molecule has 90 valence electrons. The van der Waals surface area contributed by atoms with Gasteiger partial charge in [-0.1, -0.05) is 17.3 Å². The zero-order valence-corrected chi connectivity index (χ0v) is 9.62. The molecule has 0 saturated heterocycles. The maximum absolute atomic E-state index is 11.0. The molecule has 0 radical (unpaired) electrons. The molecule has 0 aliphatic heterocycles. The molecule has 0 bridgehead atoms. The minimum absolute atomic E-state index is 0.0727. The Morgan fingerprint density at radius 3 is 3.00 bits per heavy atom. The van der Waals surface area contributed by atoms with Crippen LogP contribution in [0.4, 0.5) is 0 Å². The molecule has 0 spiro atoms. The summed E-state index contributed by atoms with van der Waals surface area (Å²) in [4.78, 5) is 11.0. The highest BCUT2D eigenvalue weighted by molar-refractivity contribution is 5.95. The molecule has 0 saturated carbocycles. The number of aromatic nitrogens is 2. The number of carboxylic acids is 1. The third-order valence-electron chi connectivity index (χ3n) is 2.95. The fraction of sp³-hybridized carbons (Fsp3) is 0.0769. The number of hydrogen-bond donors (Lipinski definition) is 1. The lowest BCUT2D eigenvalue weighted by Gasteiger charge is -2.00. The summed E-state index contributed by atoms with van der Waals surface area (Å²) < 4.78 is 7.01. The molecule has 0 amide bonds. The van der Waals surface area contributed by atoms with Crippen LogP contribution in [0.2, 0.25) is 0 Å². The summed E-state index contributed by atoms with van der Waals surface area (Å²) in [5.41, 5.74) is 1.79. The van der Waals surface area contributed by atoms with Gasteiger partial charge in [-0.05, 0) is 17.5 Å². The van der Waals surface area contributed by atoms with Crippen molar-refractivity contribution in [3.8, 4) is 11.3 Å². The van der Waals surface area contributed by atoms with Crippen molar-refractivity contribution >= 4 is 16.9 Å². The van der Waals surface area contributed by atoms with Crippen LogP contribution in [-0.2, 0) is 7.05 Å². The molecule has 0 fully saturated rings. The molecule has 1 aromatic carbocycles. The number of carbonyl (C=O) groups is 1. The Bertz CT molecular complexity index is 740. The minimum atomic E-state index is -1.04. The number of carboxylic acid groups (broad SMARTS) is 1. The van der Waals surface area contributed by atoms with Crippen LogP contribution < -0.4 is 0 Å². The molecular formula is C13H10N2O3. The fourth-order valence-electron chi connectivity index (χ4n) is 2.00. The van der Waals surface area contributed by atoms with Crippen molar-refractivity contribution in [1.29, 1.82) is 0 Å². The third-order valence-corrected chi connectivity index (χ3v) is 2.95. The van der Waals surface area contributed by atoms with Crippen molar-refractivity contribution < 1.29 is 14.4 Å². The number of aromatic carboxylic acids is 1. The van der Waals surface area contributed by atoms with Gasteiger partial charge in [-0.25, -0.2) is 4.79 Å². The van der Waals surface area contributed by atoms with Crippen molar-refractivity contribution in [3.05, 3.63) is 42.2 Å². The summed E-state index contributed by atoms with van der Waals surface area (Å²) in [5.74, 6) is -0.760. The molecule has 3 aromatic rings. The highest BCUT2D eigenvalue weighted by Crippen LogP contribution is 2.27. The van der Waals surface area contributed by atoms with Crippen LogP contribution in [0.3, 0.4) is 0 Å². The van der Waals surface area contributed by atoms with E-state index in [2.05, 4.69) is 5.16 Å². The van der Waals surface area contributed by atoms with E-state index in [1.165, 1.54) is 6.20 Å². The van der Waals surface area contributed by atoms with E-state index in [9.17, 15) is 4.79 Å². The van der Waals surface area contributed by atoms with Crippen LogP contribution in [0, 0.1) is 0 Å². The number of hydrogen-bond acceptors (Lipinski definition) is 3. The summed E-state index contributed by atoms with van der Waals surface area (Å²) >= 11 is 0. The molecule has 5 heteroatoms. The van der Waals surface area contributed by atoms with Crippen molar-refractivity contribution in [2.45, 2.75) is 0 Å². The van der Waals surface area contributed by atoms with E-state index in [1.807, 2.05) is 42.1 Å². The average Bonchev–Trinajstić information content (AvgIpc) is 2.96. The monoisotopic (exact) mass is 242 g/mol. The smallest absolute Gasteiger partial charge is 0.341 e. The van der Waals surface area contributed by atoms with E-state index >= 15 is 0 Å². The van der Waals surface area contributed by atoms with E-state index in [4.69, 9.17) is 9.63 Å². The normalized spacial score (nSPS) is 10.9. The molecule has 0 aliphatic rings. The van der Waals surface area contributed by atoms with Crippen LogP contribution >= 0.6 is 0 Å². The molecule has 0 aliphatic carbocycles. The van der Waals surface area contributed by atoms with Gasteiger partial charge in [0, 0.05) is 24.3 Å². The number of benzene rings is 1. The van der Waals surface area contributed by atoms with E-state index in [-0.39, 0.29) is 11.3 Å². The van der Waals surface area contributed by atoms with Gasteiger partial charge in [0.15, 0.2) is 5.76 Å². The fourth-order valence-corrected chi connectivity index (χ4v) is 2.00. The summed E-state index contributed by atoms with van der Waals surface area (Å²) in [6.07, 6.45) is 3.17. The summed E-state index contributed by atoms with van der Waals surface area (Å²) in [6, 6.07) is 7.65. The van der Waals surface area contributed by atoms with Gasteiger partial charge in [0.1, 0.15) is 5.56 Å². The Kier molecular flexibility index (Phi) is 2.19. The van der Waals surface area contributed by atoms with Crippen LogP contribution in [0.1, 0.15) is 10.4 Å². The standard InChI is InChI=1S/C13H10N2O3/c1-15-5-4-8-2-3-9(6-11(8)15)12-10(13(16)17)7-14-18-12/h2-7H,1H3,(H,16,17). The summed E-state index contributed by atoms with van der Waals surface area (Å²) in [6.45, 7) is 0. The lowest BCUT2D eigenvalue weighted by atomic mass is 10.1. The molecule has 0 atom stereocenters. The van der Waals surface area contributed by atoms with Crippen LogP contribution in [0.25, 0.3) is 22.2 Å². The first-order valence-corrected chi connectivity index (χ1v) is 5.40. The van der Waals surface area contributed by atoms with Gasteiger partial charge >= 0.3 is 5.97 Å². The van der Waals surface area contributed by atoms with E-state index < -0.39 is 5.97 Å². The topological polar surface area (TPSA) is 68.3 Å².